The predicted octanol–water partition coefficient (Wildman–Crippen LogP) is 4.10. The maximum atomic E-state index is 12.9. The summed E-state index contributed by atoms with van der Waals surface area (Å²) >= 11 is 0. The maximum Gasteiger partial charge on any atom is 0.254 e. The first-order chi connectivity index (χ1) is 9.43. The number of benzene rings is 2. The van der Waals surface area contributed by atoms with Gasteiger partial charge in [-0.15, -0.1) is 0 Å². The molecular weight excluding hydrogens is 234 g/mol. The van der Waals surface area contributed by atoms with Crippen LogP contribution in [0.2, 0.25) is 0 Å². The number of rotatable bonds is 3. The Bertz CT molecular complexity index is 626. The molecule has 0 N–H and O–H groups in total. The minimum absolute atomic E-state index is 0.0585. The lowest BCUT2D eigenvalue weighted by Crippen LogP contribution is -2.42. The summed E-state index contributed by atoms with van der Waals surface area (Å²) < 4.78 is 8.11. The summed E-state index contributed by atoms with van der Waals surface area (Å²) in [5.74, 6) is -0.0585. The van der Waals surface area contributed by atoms with Gasteiger partial charge in [-0.2, -0.15) is 0 Å². The van der Waals surface area contributed by atoms with Gasteiger partial charge in [-0.05, 0) is 44.5 Å². The van der Waals surface area contributed by atoms with Crippen molar-refractivity contribution in [1.29, 1.82) is 0 Å². The van der Waals surface area contributed by atoms with Gasteiger partial charge in [0.25, 0.3) is 5.91 Å². The van der Waals surface area contributed by atoms with Gasteiger partial charge < -0.3 is 4.90 Å². The fraction of sp³-hybridized carbons (Fsp3) is 0.353. The van der Waals surface area contributed by atoms with Crippen LogP contribution in [-0.2, 0) is 0 Å². The highest BCUT2D eigenvalue weighted by atomic mass is 16.2. The average Bonchev–Trinajstić information content (AvgIpc) is 2.37. The molecule has 2 rings (SSSR count). The summed E-state index contributed by atoms with van der Waals surface area (Å²) in [5, 5.41) is 1.86. The molecule has 1 amide bonds. The SMILES string of the molecule is [2H]c1ccc2ccccc2c1C(=O)N(C(C)C)C(C)C. The molecule has 0 aromatic heterocycles. The Morgan fingerprint density at radius 3 is 2.26 bits per heavy atom. The van der Waals surface area contributed by atoms with Crippen molar-refractivity contribution >= 4 is 16.7 Å². The van der Waals surface area contributed by atoms with E-state index in [1.54, 1.807) is 6.07 Å². The molecule has 0 heterocycles. The van der Waals surface area contributed by atoms with E-state index >= 15 is 0 Å². The highest BCUT2D eigenvalue weighted by Crippen LogP contribution is 2.21. The normalized spacial score (nSPS) is 12.0. The summed E-state index contributed by atoms with van der Waals surface area (Å²) in [4.78, 5) is 14.7. The smallest absolute Gasteiger partial charge is 0.254 e. The number of hydrogen-bond donors (Lipinski definition) is 0. The van der Waals surface area contributed by atoms with E-state index in [0.29, 0.717) is 11.6 Å². The van der Waals surface area contributed by atoms with Gasteiger partial charge in [0, 0.05) is 17.6 Å². The van der Waals surface area contributed by atoms with Crippen LogP contribution in [0.1, 0.15) is 39.4 Å². The van der Waals surface area contributed by atoms with Gasteiger partial charge in [0.2, 0.25) is 0 Å². The average molecular weight is 256 g/mol. The third kappa shape index (κ3) is 2.62. The molecule has 0 aliphatic rings. The molecule has 0 saturated heterocycles. The molecule has 0 aliphatic heterocycles. The van der Waals surface area contributed by atoms with Crippen molar-refractivity contribution in [2.45, 2.75) is 39.8 Å². The van der Waals surface area contributed by atoms with Crippen LogP contribution in [0.3, 0.4) is 0 Å². The zero-order chi connectivity index (χ0) is 14.9. The Labute approximate surface area is 116 Å². The van der Waals surface area contributed by atoms with Crippen LogP contribution in [0.15, 0.2) is 42.4 Å². The van der Waals surface area contributed by atoms with Crippen molar-refractivity contribution in [2.75, 3.05) is 0 Å². The summed E-state index contributed by atoms with van der Waals surface area (Å²) in [6, 6.07) is 11.9. The van der Waals surface area contributed by atoms with Crippen LogP contribution in [0.25, 0.3) is 10.8 Å². The van der Waals surface area contributed by atoms with E-state index in [4.69, 9.17) is 1.37 Å². The molecular formula is C17H21NO. The van der Waals surface area contributed by atoms with Crippen molar-refractivity contribution < 1.29 is 6.17 Å². The molecule has 0 unspecified atom stereocenters. The van der Waals surface area contributed by atoms with Gasteiger partial charge in [-0.25, -0.2) is 0 Å². The van der Waals surface area contributed by atoms with Crippen LogP contribution in [0.5, 0.6) is 0 Å². The number of amides is 1. The molecule has 19 heavy (non-hydrogen) atoms. The lowest BCUT2D eigenvalue weighted by atomic mass is 10.0. The highest BCUT2D eigenvalue weighted by molar-refractivity contribution is 6.07. The van der Waals surface area contributed by atoms with E-state index in [0.717, 1.165) is 10.8 Å². The Morgan fingerprint density at radius 2 is 1.63 bits per heavy atom. The van der Waals surface area contributed by atoms with E-state index in [1.807, 2.05) is 62.9 Å². The van der Waals surface area contributed by atoms with Crippen molar-refractivity contribution in [3.63, 3.8) is 0 Å². The molecule has 100 valence electrons. The number of hydrogen-bond acceptors (Lipinski definition) is 1. The molecule has 0 bridgehead atoms. The first-order valence-electron chi connectivity index (χ1n) is 7.24. The van der Waals surface area contributed by atoms with Crippen molar-refractivity contribution in [3.8, 4) is 0 Å². The second-order valence-electron chi connectivity index (χ2n) is 5.34. The molecule has 0 atom stereocenters. The lowest BCUT2D eigenvalue weighted by molar-refractivity contribution is 0.0646. The van der Waals surface area contributed by atoms with E-state index < -0.39 is 0 Å². The Kier molecular flexibility index (Phi) is 3.49. The molecule has 0 saturated carbocycles. The van der Waals surface area contributed by atoms with Gasteiger partial charge in [-0.3, -0.25) is 4.79 Å². The van der Waals surface area contributed by atoms with E-state index in [1.165, 1.54) is 0 Å². The number of fused-ring (bicyclic) bond motifs is 1. The summed E-state index contributed by atoms with van der Waals surface area (Å²) in [7, 11) is 0. The van der Waals surface area contributed by atoms with Crippen LogP contribution in [0, 0.1) is 0 Å². The zero-order valence-corrected chi connectivity index (χ0v) is 12.0. The first kappa shape index (κ1) is 12.2. The predicted molar refractivity (Wildman–Crippen MR) is 80.4 cm³/mol. The van der Waals surface area contributed by atoms with Gasteiger partial charge >= 0.3 is 0 Å². The molecule has 2 aromatic carbocycles. The minimum atomic E-state index is -0.0585. The molecule has 0 fully saturated rings. The third-order valence-corrected chi connectivity index (χ3v) is 3.28. The Hall–Kier alpha value is -1.83. The minimum Gasteiger partial charge on any atom is -0.334 e. The molecule has 2 aromatic rings. The van der Waals surface area contributed by atoms with Crippen molar-refractivity contribution in [2.24, 2.45) is 0 Å². The van der Waals surface area contributed by atoms with Crippen LogP contribution in [0.4, 0.5) is 0 Å². The van der Waals surface area contributed by atoms with Gasteiger partial charge in [-0.1, -0.05) is 36.4 Å². The molecule has 0 aliphatic carbocycles. The topological polar surface area (TPSA) is 20.3 Å². The standard InChI is InChI=1S/C17H21NO/c1-12(2)18(13(3)4)17(19)16-11-7-9-14-8-5-6-10-15(14)16/h5-13H,1-4H3/i11D. The van der Waals surface area contributed by atoms with Gasteiger partial charge in [0.05, 0.1) is 1.37 Å². The second-order valence-corrected chi connectivity index (χ2v) is 5.34. The van der Waals surface area contributed by atoms with Crippen LogP contribution >= 0.6 is 0 Å². The fourth-order valence-electron chi connectivity index (χ4n) is 2.53. The fourth-order valence-corrected chi connectivity index (χ4v) is 2.53. The van der Waals surface area contributed by atoms with E-state index in [2.05, 4.69) is 0 Å². The molecule has 0 spiro atoms. The van der Waals surface area contributed by atoms with E-state index in [-0.39, 0.29) is 18.0 Å². The second kappa shape index (κ2) is 5.43. The van der Waals surface area contributed by atoms with Gasteiger partial charge in [0.1, 0.15) is 0 Å². The maximum absolute atomic E-state index is 12.9. The molecule has 2 heteroatoms. The molecule has 0 radical (unpaired) electrons. The highest BCUT2D eigenvalue weighted by Gasteiger charge is 2.22. The Balaban J connectivity index is 2.62. The van der Waals surface area contributed by atoms with E-state index in [9.17, 15) is 4.79 Å². The Morgan fingerprint density at radius 1 is 1.05 bits per heavy atom. The van der Waals surface area contributed by atoms with Crippen molar-refractivity contribution in [3.05, 3.63) is 48.0 Å². The zero-order valence-electron chi connectivity index (χ0n) is 13.0. The van der Waals surface area contributed by atoms with Gasteiger partial charge in [0.15, 0.2) is 0 Å². The third-order valence-electron chi connectivity index (χ3n) is 3.28. The summed E-state index contributed by atoms with van der Waals surface area (Å²) in [6.45, 7) is 8.03. The lowest BCUT2D eigenvalue weighted by Gasteiger charge is -2.31. The number of carbonyl (C=O) groups is 1. The number of carbonyl (C=O) groups excluding carboxylic acids is 1. The first-order valence-corrected chi connectivity index (χ1v) is 6.74. The summed E-state index contributed by atoms with van der Waals surface area (Å²) in [5.41, 5.74) is 0.505. The number of nitrogens with zero attached hydrogens (tertiary/aromatic N) is 1. The monoisotopic (exact) mass is 256 g/mol. The van der Waals surface area contributed by atoms with Crippen LogP contribution in [-0.4, -0.2) is 22.9 Å². The largest absolute Gasteiger partial charge is 0.334 e. The molecule has 2 nitrogen and oxygen atoms in total. The summed E-state index contributed by atoms with van der Waals surface area (Å²) in [6.07, 6.45) is 0. The quantitative estimate of drug-likeness (QED) is 0.809. The van der Waals surface area contributed by atoms with Crippen LogP contribution < -0.4 is 0 Å². The van der Waals surface area contributed by atoms with Crippen molar-refractivity contribution in [1.82, 2.24) is 4.90 Å².